The first-order valence-corrected chi connectivity index (χ1v) is 6.94. The van der Waals surface area contributed by atoms with Crippen LogP contribution in [0.15, 0.2) is 40.8 Å². The lowest BCUT2D eigenvalue weighted by Crippen LogP contribution is -2.10. The summed E-state index contributed by atoms with van der Waals surface area (Å²) in [4.78, 5) is 0. The lowest BCUT2D eigenvalue weighted by molar-refractivity contribution is 0.520. The second kappa shape index (κ2) is 4.41. The van der Waals surface area contributed by atoms with Crippen molar-refractivity contribution in [3.8, 4) is 11.3 Å². The van der Waals surface area contributed by atoms with E-state index in [1.165, 1.54) is 11.1 Å². The molecule has 0 saturated heterocycles. The van der Waals surface area contributed by atoms with Gasteiger partial charge in [-0.1, -0.05) is 57.2 Å². The molecule has 1 nitrogen and oxygen atoms in total. The summed E-state index contributed by atoms with van der Waals surface area (Å²) >= 11 is 0. The molecule has 19 heavy (non-hydrogen) atoms. The molecule has 3 rings (SSSR count). The fourth-order valence-electron chi connectivity index (χ4n) is 2.48. The van der Waals surface area contributed by atoms with E-state index in [-0.39, 0.29) is 5.41 Å². The highest BCUT2D eigenvalue weighted by atomic mass is 16.3. The number of aryl methyl sites for hydroxylation is 1. The number of rotatable bonds is 1. The molecular weight excluding hydrogens is 232 g/mol. The lowest BCUT2D eigenvalue weighted by Gasteiger charge is -2.18. The zero-order valence-corrected chi connectivity index (χ0v) is 11.9. The van der Waals surface area contributed by atoms with E-state index in [4.69, 9.17) is 4.42 Å². The van der Waals surface area contributed by atoms with E-state index in [9.17, 15) is 0 Å². The molecule has 98 valence electrons. The van der Waals surface area contributed by atoms with Gasteiger partial charge in [0.2, 0.25) is 0 Å². The van der Waals surface area contributed by atoms with Crippen molar-refractivity contribution >= 4 is 6.08 Å². The molecule has 1 heteroatoms. The Labute approximate surface area is 115 Å². The Bertz CT molecular complexity index is 606. The van der Waals surface area contributed by atoms with Gasteiger partial charge in [-0.3, -0.25) is 0 Å². The third-order valence-corrected chi connectivity index (χ3v) is 3.71. The molecule has 0 aliphatic heterocycles. The summed E-state index contributed by atoms with van der Waals surface area (Å²) in [6, 6.07) is 10.9. The Morgan fingerprint density at radius 2 is 1.79 bits per heavy atom. The molecule has 0 spiro atoms. The lowest BCUT2D eigenvalue weighted by atomic mass is 9.86. The Kier molecular flexibility index (Phi) is 2.85. The van der Waals surface area contributed by atoms with E-state index in [2.05, 4.69) is 63.3 Å². The highest BCUT2D eigenvalue weighted by Crippen LogP contribution is 2.31. The van der Waals surface area contributed by atoms with Crippen molar-refractivity contribution in [3.63, 3.8) is 0 Å². The van der Waals surface area contributed by atoms with Crippen molar-refractivity contribution in [1.82, 2.24) is 0 Å². The molecule has 1 aromatic heterocycles. The summed E-state index contributed by atoms with van der Waals surface area (Å²) in [6.07, 6.45) is 6.48. The van der Waals surface area contributed by atoms with Crippen molar-refractivity contribution in [2.75, 3.05) is 0 Å². The van der Waals surface area contributed by atoms with Crippen molar-refractivity contribution in [3.05, 3.63) is 53.3 Å². The molecule has 0 unspecified atom stereocenters. The molecule has 0 atom stereocenters. The Morgan fingerprint density at radius 1 is 1.05 bits per heavy atom. The standard InChI is InChI=1S/C18H20O/c1-18(2,3)15-10-8-13(9-11-15)17-12-14-6-4-5-7-16(14)19-17/h4,6,8-12H,5,7H2,1-3H3. The maximum absolute atomic E-state index is 5.97. The number of hydrogen-bond acceptors (Lipinski definition) is 1. The Hall–Kier alpha value is -1.76. The Balaban J connectivity index is 1.94. The van der Waals surface area contributed by atoms with Crippen LogP contribution in [0.2, 0.25) is 0 Å². The average Bonchev–Trinajstić information content (AvgIpc) is 2.81. The molecule has 0 amide bonds. The van der Waals surface area contributed by atoms with Crippen LogP contribution >= 0.6 is 0 Å². The van der Waals surface area contributed by atoms with Crippen LogP contribution in [0.5, 0.6) is 0 Å². The van der Waals surface area contributed by atoms with Gasteiger partial charge in [-0.05, 0) is 23.5 Å². The number of allylic oxidation sites excluding steroid dienone is 1. The number of benzene rings is 1. The SMILES string of the molecule is CC(C)(C)c1ccc(-c2cc3c(o2)CCC=C3)cc1. The van der Waals surface area contributed by atoms with Gasteiger partial charge in [0.05, 0.1) is 0 Å². The summed E-state index contributed by atoms with van der Waals surface area (Å²) in [5, 5.41) is 0. The second-order valence-electron chi connectivity index (χ2n) is 6.26. The third-order valence-electron chi connectivity index (χ3n) is 3.71. The molecule has 0 saturated carbocycles. The van der Waals surface area contributed by atoms with Crippen LogP contribution in [-0.4, -0.2) is 0 Å². The predicted octanol–water partition coefficient (Wildman–Crippen LogP) is 5.20. The molecule has 1 aliphatic rings. The average molecular weight is 252 g/mol. The van der Waals surface area contributed by atoms with Crippen LogP contribution in [0.4, 0.5) is 0 Å². The van der Waals surface area contributed by atoms with Crippen molar-refractivity contribution < 1.29 is 4.42 Å². The molecule has 1 aliphatic carbocycles. The van der Waals surface area contributed by atoms with Gasteiger partial charge in [0.1, 0.15) is 11.5 Å². The molecule has 0 radical (unpaired) electrons. The second-order valence-corrected chi connectivity index (χ2v) is 6.26. The van der Waals surface area contributed by atoms with E-state index in [0.717, 1.165) is 29.9 Å². The first-order valence-electron chi connectivity index (χ1n) is 6.94. The zero-order chi connectivity index (χ0) is 13.5. The number of fused-ring (bicyclic) bond motifs is 1. The van der Waals surface area contributed by atoms with Gasteiger partial charge in [-0.2, -0.15) is 0 Å². The highest BCUT2D eigenvalue weighted by Gasteiger charge is 2.15. The number of hydrogen-bond donors (Lipinski definition) is 0. The van der Waals surface area contributed by atoms with Crippen molar-refractivity contribution in [2.24, 2.45) is 0 Å². The number of furan rings is 1. The fraction of sp³-hybridized carbons (Fsp3) is 0.333. The van der Waals surface area contributed by atoms with E-state index in [1.807, 2.05) is 0 Å². The summed E-state index contributed by atoms with van der Waals surface area (Å²) in [5.74, 6) is 2.11. The van der Waals surface area contributed by atoms with Crippen LogP contribution in [0, 0.1) is 0 Å². The van der Waals surface area contributed by atoms with Crippen LogP contribution in [-0.2, 0) is 11.8 Å². The minimum absolute atomic E-state index is 0.198. The van der Waals surface area contributed by atoms with E-state index in [0.29, 0.717) is 0 Å². The molecule has 1 heterocycles. The van der Waals surface area contributed by atoms with E-state index >= 15 is 0 Å². The van der Waals surface area contributed by atoms with E-state index < -0.39 is 0 Å². The van der Waals surface area contributed by atoms with Gasteiger partial charge < -0.3 is 4.42 Å². The van der Waals surface area contributed by atoms with Gasteiger partial charge in [-0.15, -0.1) is 0 Å². The smallest absolute Gasteiger partial charge is 0.134 e. The van der Waals surface area contributed by atoms with Crippen LogP contribution < -0.4 is 0 Å². The van der Waals surface area contributed by atoms with Crippen molar-refractivity contribution in [2.45, 2.75) is 39.0 Å². The molecule has 0 bridgehead atoms. The third kappa shape index (κ3) is 2.37. The van der Waals surface area contributed by atoms with Gasteiger partial charge in [0.15, 0.2) is 0 Å². The van der Waals surface area contributed by atoms with E-state index in [1.54, 1.807) is 0 Å². The zero-order valence-electron chi connectivity index (χ0n) is 11.9. The summed E-state index contributed by atoms with van der Waals surface area (Å²) < 4.78 is 5.97. The van der Waals surface area contributed by atoms with Gasteiger partial charge >= 0.3 is 0 Å². The van der Waals surface area contributed by atoms with Gasteiger partial charge in [-0.25, -0.2) is 0 Å². The summed E-state index contributed by atoms with van der Waals surface area (Å²) in [5.41, 5.74) is 3.95. The highest BCUT2D eigenvalue weighted by molar-refractivity contribution is 5.65. The molecular formula is C18H20O. The minimum atomic E-state index is 0.198. The maximum Gasteiger partial charge on any atom is 0.134 e. The predicted molar refractivity (Wildman–Crippen MR) is 80.2 cm³/mol. The summed E-state index contributed by atoms with van der Waals surface area (Å²) in [6.45, 7) is 6.70. The first kappa shape index (κ1) is 12.3. The Morgan fingerprint density at radius 3 is 2.42 bits per heavy atom. The molecule has 0 N–H and O–H groups in total. The van der Waals surface area contributed by atoms with Crippen molar-refractivity contribution in [1.29, 1.82) is 0 Å². The quantitative estimate of drug-likeness (QED) is 0.679. The maximum atomic E-state index is 5.97. The monoisotopic (exact) mass is 252 g/mol. The summed E-state index contributed by atoms with van der Waals surface area (Å²) in [7, 11) is 0. The van der Waals surface area contributed by atoms with Gasteiger partial charge in [0, 0.05) is 17.5 Å². The first-order chi connectivity index (χ1) is 9.04. The molecule has 0 fully saturated rings. The molecule has 1 aromatic carbocycles. The largest absolute Gasteiger partial charge is 0.460 e. The normalized spacial score (nSPS) is 14.5. The topological polar surface area (TPSA) is 13.1 Å². The fourth-order valence-corrected chi connectivity index (χ4v) is 2.48. The van der Waals surface area contributed by atoms with Crippen LogP contribution in [0.25, 0.3) is 17.4 Å². The van der Waals surface area contributed by atoms with Crippen LogP contribution in [0.3, 0.4) is 0 Å². The molecule has 2 aromatic rings. The van der Waals surface area contributed by atoms with Crippen LogP contribution in [0.1, 0.15) is 44.1 Å². The minimum Gasteiger partial charge on any atom is -0.460 e. The van der Waals surface area contributed by atoms with Gasteiger partial charge in [0.25, 0.3) is 0 Å².